The number of rotatable bonds is 7. The third kappa shape index (κ3) is 6.03. The second-order valence-corrected chi connectivity index (χ2v) is 8.75. The van der Waals surface area contributed by atoms with Crippen LogP contribution >= 0.6 is 0 Å². The van der Waals surface area contributed by atoms with E-state index in [4.69, 9.17) is 10.5 Å². The molecule has 11 heteroatoms. The van der Waals surface area contributed by atoms with E-state index >= 15 is 0 Å². The van der Waals surface area contributed by atoms with E-state index in [1.165, 1.54) is 24.4 Å². The predicted molar refractivity (Wildman–Crippen MR) is 126 cm³/mol. The van der Waals surface area contributed by atoms with Crippen LogP contribution in [0.3, 0.4) is 0 Å². The molecule has 4 aromatic rings. The van der Waals surface area contributed by atoms with Crippen molar-refractivity contribution in [2.45, 2.75) is 18.2 Å². The molecule has 0 bridgehead atoms. The molecule has 1 aromatic heterocycles. The van der Waals surface area contributed by atoms with Crippen molar-refractivity contribution in [2.24, 2.45) is 10.2 Å². The van der Waals surface area contributed by atoms with Crippen LogP contribution in [0.5, 0.6) is 5.75 Å². The van der Waals surface area contributed by atoms with Crippen LogP contribution in [-0.4, -0.2) is 24.6 Å². The third-order valence-corrected chi connectivity index (χ3v) is 5.87. The first kappa shape index (κ1) is 26.7. The van der Waals surface area contributed by atoms with Gasteiger partial charge in [0.2, 0.25) is 0 Å². The Hall–Kier alpha value is -2.89. The molecule has 4 rings (SSSR count). The van der Waals surface area contributed by atoms with E-state index in [2.05, 4.69) is 15.2 Å². The number of ether oxygens (including phenoxy) is 1. The molecule has 0 radical (unpaired) electrons. The van der Waals surface area contributed by atoms with E-state index in [1.54, 1.807) is 36.4 Å². The minimum absolute atomic E-state index is 0. The Balaban J connectivity index is 0.00000342. The van der Waals surface area contributed by atoms with Gasteiger partial charge in [-0.25, -0.2) is 12.8 Å². The first-order valence-corrected chi connectivity index (χ1v) is 11.8. The van der Waals surface area contributed by atoms with Crippen LogP contribution < -0.4 is 40.0 Å². The monoisotopic (exact) mass is 502 g/mol. The maximum Gasteiger partial charge on any atom is 1.00 e. The number of nitrogens with zero attached hydrogens (tertiary/aromatic N) is 3. The fraction of sp³-hybridized carbons (Fsp3) is 0.125. The van der Waals surface area contributed by atoms with Gasteiger partial charge in [0.05, 0.1) is 29.1 Å². The molecule has 0 unspecified atom stereocenters. The topological polar surface area (TPSA) is 130 Å². The van der Waals surface area contributed by atoms with Crippen LogP contribution in [-0.2, 0) is 10.1 Å². The van der Waals surface area contributed by atoms with Crippen molar-refractivity contribution in [1.82, 2.24) is 4.98 Å². The van der Waals surface area contributed by atoms with E-state index in [1.807, 2.05) is 6.92 Å². The van der Waals surface area contributed by atoms with Crippen molar-refractivity contribution < 1.29 is 51.7 Å². The van der Waals surface area contributed by atoms with Crippen LogP contribution in [0.2, 0.25) is 0 Å². The minimum Gasteiger partial charge on any atom is -0.744 e. The summed E-state index contributed by atoms with van der Waals surface area (Å²) in [6.45, 7) is 2.46. The summed E-state index contributed by atoms with van der Waals surface area (Å²) in [5, 5.41) is 8.72. The third-order valence-electron chi connectivity index (χ3n) is 5.00. The molecule has 0 saturated carbocycles. The van der Waals surface area contributed by atoms with Crippen molar-refractivity contribution in [3.63, 3.8) is 0 Å². The maximum absolute atomic E-state index is 13.8. The number of anilines is 1. The van der Waals surface area contributed by atoms with Gasteiger partial charge in [-0.1, -0.05) is 31.2 Å². The van der Waals surface area contributed by atoms with E-state index in [0.717, 1.165) is 12.5 Å². The number of hydrogen-bond acceptors (Lipinski definition) is 8. The number of benzene rings is 3. The summed E-state index contributed by atoms with van der Waals surface area (Å²) in [5.41, 5.74) is 7.70. The molecule has 2 N–H and O–H groups in total. The van der Waals surface area contributed by atoms with Gasteiger partial charge in [-0.2, -0.15) is 0 Å². The Bertz CT molecular complexity index is 1500. The quantitative estimate of drug-likeness (QED) is 0.179. The fourth-order valence-electron chi connectivity index (χ4n) is 3.40. The summed E-state index contributed by atoms with van der Waals surface area (Å²) in [7, 11) is -4.76. The second-order valence-electron chi connectivity index (χ2n) is 7.40. The van der Waals surface area contributed by atoms with E-state index in [-0.39, 0.29) is 46.3 Å². The van der Waals surface area contributed by atoms with Crippen molar-refractivity contribution in [3.05, 3.63) is 72.7 Å². The summed E-state index contributed by atoms with van der Waals surface area (Å²) in [6, 6.07) is 15.0. The van der Waals surface area contributed by atoms with Gasteiger partial charge in [-0.15, -0.1) is 10.2 Å². The molecule has 0 fully saturated rings. The molecule has 0 aliphatic heterocycles. The molecular formula is C24H20FN4NaO4S. The number of halogens is 1. The van der Waals surface area contributed by atoms with E-state index < -0.39 is 20.8 Å². The molecule has 8 nitrogen and oxygen atoms in total. The first-order chi connectivity index (χ1) is 16.3. The molecule has 0 saturated heterocycles. The molecule has 174 valence electrons. The molecule has 0 aliphatic rings. The van der Waals surface area contributed by atoms with E-state index in [0.29, 0.717) is 34.7 Å². The molecule has 3 aromatic carbocycles. The molecule has 0 atom stereocenters. The predicted octanol–water partition coefficient (Wildman–Crippen LogP) is 2.74. The Morgan fingerprint density at radius 3 is 2.46 bits per heavy atom. The van der Waals surface area contributed by atoms with Gasteiger partial charge in [-0.3, -0.25) is 4.98 Å². The Morgan fingerprint density at radius 2 is 1.80 bits per heavy atom. The molecule has 0 amide bonds. The number of nitrogen functional groups attached to an aromatic ring is 1. The number of azo groups is 1. The minimum atomic E-state index is -4.76. The van der Waals surface area contributed by atoms with Gasteiger partial charge in [0, 0.05) is 16.3 Å². The summed E-state index contributed by atoms with van der Waals surface area (Å²) in [5.74, 6) is 0.0979. The van der Waals surface area contributed by atoms with Gasteiger partial charge in [0.1, 0.15) is 33.1 Å². The fourth-order valence-corrected chi connectivity index (χ4v) is 4.10. The smallest absolute Gasteiger partial charge is 0.744 e. The van der Waals surface area contributed by atoms with Crippen LogP contribution in [0.4, 0.5) is 21.5 Å². The molecule has 35 heavy (non-hydrogen) atoms. The Labute approximate surface area is 224 Å². The van der Waals surface area contributed by atoms with Gasteiger partial charge in [0.25, 0.3) is 0 Å². The number of pyridine rings is 1. The number of fused-ring (bicyclic) bond motifs is 1. The summed E-state index contributed by atoms with van der Waals surface area (Å²) >= 11 is 0. The van der Waals surface area contributed by atoms with Crippen molar-refractivity contribution in [1.29, 1.82) is 0 Å². The first-order valence-electron chi connectivity index (χ1n) is 10.4. The van der Waals surface area contributed by atoms with Gasteiger partial charge in [-0.05, 0) is 42.8 Å². The normalized spacial score (nSPS) is 11.5. The van der Waals surface area contributed by atoms with Crippen LogP contribution in [0.1, 0.15) is 13.3 Å². The molecule has 1 heterocycles. The molecule has 0 spiro atoms. The van der Waals surface area contributed by atoms with Gasteiger partial charge in [0.15, 0.2) is 0 Å². The summed E-state index contributed by atoms with van der Waals surface area (Å²) in [6.07, 6.45) is 2.23. The molecular weight excluding hydrogens is 482 g/mol. The van der Waals surface area contributed by atoms with E-state index in [9.17, 15) is 17.4 Å². The van der Waals surface area contributed by atoms with Crippen molar-refractivity contribution in [3.8, 4) is 17.0 Å². The zero-order valence-corrected chi connectivity index (χ0v) is 21.9. The average molecular weight is 503 g/mol. The van der Waals surface area contributed by atoms with Crippen LogP contribution in [0, 0.1) is 5.82 Å². The Kier molecular flexibility index (Phi) is 8.57. The number of aromatic nitrogens is 1. The largest absolute Gasteiger partial charge is 1.00 e. The van der Waals surface area contributed by atoms with Crippen molar-refractivity contribution in [2.75, 3.05) is 12.3 Å². The zero-order chi connectivity index (χ0) is 24.3. The van der Waals surface area contributed by atoms with Crippen molar-refractivity contribution >= 4 is 38.0 Å². The van der Waals surface area contributed by atoms with Gasteiger partial charge >= 0.3 is 29.6 Å². The number of nitrogens with two attached hydrogens (primary N) is 1. The maximum atomic E-state index is 13.8. The Morgan fingerprint density at radius 1 is 1.06 bits per heavy atom. The van der Waals surface area contributed by atoms with Crippen LogP contribution in [0.25, 0.3) is 22.0 Å². The second kappa shape index (κ2) is 11.2. The molecule has 0 aliphatic carbocycles. The standard InChI is InChI=1S/C24H21FN4O4S.Na/c1-2-11-33-22-10-7-15(25)12-19(22)20-9-8-16(14-27-20)28-29-21-13-23(34(30,31)32)17-5-3-4-6-18(17)24(21)26;/h3-10,12-14H,2,11,26H2,1H3,(H,30,31,32);/q;+1/p-1. The van der Waals surface area contributed by atoms with Gasteiger partial charge < -0.3 is 15.0 Å². The average Bonchev–Trinajstić information content (AvgIpc) is 2.82. The summed E-state index contributed by atoms with van der Waals surface area (Å²) < 4.78 is 54.8. The zero-order valence-electron chi connectivity index (χ0n) is 19.1. The SMILES string of the molecule is CCCOc1ccc(F)cc1-c1ccc(N=Nc2cc(S(=O)(=O)[O-])c3ccccc3c2N)cn1.[Na+]. The number of hydrogen-bond donors (Lipinski definition) is 1. The summed E-state index contributed by atoms with van der Waals surface area (Å²) in [4.78, 5) is 3.90. The van der Waals surface area contributed by atoms with Crippen LogP contribution in [0.15, 0.2) is 82.0 Å².